The Morgan fingerprint density at radius 2 is 2.19 bits per heavy atom. The second-order valence-electron chi connectivity index (χ2n) is 6.12. The van der Waals surface area contributed by atoms with Gasteiger partial charge in [0.05, 0.1) is 24.0 Å². The number of nitrogens with two attached hydrogens (primary N) is 1. The van der Waals surface area contributed by atoms with Gasteiger partial charge in [0.2, 0.25) is 11.1 Å². The number of rotatable bonds is 9. The van der Waals surface area contributed by atoms with E-state index >= 15 is 0 Å². The SMILES string of the molecule is COc1ccc(/C=N/Nc2nnc(SCC(=O)Nc3cccc([N+](=O)[O-])c3)n2N)cc1O. The van der Waals surface area contributed by atoms with Crippen molar-refractivity contribution in [3.63, 3.8) is 0 Å². The molecule has 3 aromatic rings. The number of aromatic nitrogens is 3. The Kier molecular flexibility index (Phi) is 7.07. The van der Waals surface area contributed by atoms with Gasteiger partial charge in [0.1, 0.15) is 0 Å². The Morgan fingerprint density at radius 1 is 1.38 bits per heavy atom. The molecule has 1 aromatic heterocycles. The highest BCUT2D eigenvalue weighted by Gasteiger charge is 2.13. The average molecular weight is 458 g/mol. The highest BCUT2D eigenvalue weighted by atomic mass is 32.2. The fourth-order valence-corrected chi connectivity index (χ4v) is 3.08. The van der Waals surface area contributed by atoms with Crippen molar-refractivity contribution in [2.75, 3.05) is 29.4 Å². The van der Waals surface area contributed by atoms with Gasteiger partial charge in [0.25, 0.3) is 11.6 Å². The summed E-state index contributed by atoms with van der Waals surface area (Å²) in [6.07, 6.45) is 1.44. The van der Waals surface area contributed by atoms with E-state index in [0.717, 1.165) is 16.4 Å². The number of non-ortho nitro benzene ring substituents is 1. The molecule has 0 aliphatic rings. The van der Waals surface area contributed by atoms with Crippen LogP contribution in [-0.2, 0) is 4.79 Å². The molecule has 32 heavy (non-hydrogen) atoms. The lowest BCUT2D eigenvalue weighted by Gasteiger charge is -2.05. The number of phenolic OH excluding ortho intramolecular Hbond substituents is 1. The average Bonchev–Trinajstić information content (AvgIpc) is 3.12. The van der Waals surface area contributed by atoms with E-state index < -0.39 is 10.8 Å². The number of nitrogens with one attached hydrogen (secondary N) is 2. The largest absolute Gasteiger partial charge is 0.504 e. The molecule has 2 aromatic carbocycles. The minimum absolute atomic E-state index is 0.0273. The minimum atomic E-state index is -0.546. The fourth-order valence-electron chi connectivity index (χ4n) is 2.43. The number of carbonyl (C=O) groups excluding carboxylic acids is 1. The van der Waals surface area contributed by atoms with E-state index in [1.54, 1.807) is 18.2 Å². The van der Waals surface area contributed by atoms with Crippen LogP contribution in [0.15, 0.2) is 52.7 Å². The van der Waals surface area contributed by atoms with Crippen molar-refractivity contribution < 1.29 is 19.6 Å². The molecule has 3 rings (SSSR count). The zero-order valence-corrected chi connectivity index (χ0v) is 17.4. The first-order chi connectivity index (χ1) is 15.4. The van der Waals surface area contributed by atoms with Gasteiger partial charge in [-0.2, -0.15) is 5.10 Å². The number of hydrazone groups is 1. The molecule has 0 spiro atoms. The fraction of sp³-hybridized carbons (Fsp3) is 0.111. The predicted molar refractivity (Wildman–Crippen MR) is 118 cm³/mol. The molecular formula is C18H18N8O5S. The number of ether oxygens (including phenoxy) is 1. The molecule has 1 heterocycles. The zero-order chi connectivity index (χ0) is 23.1. The molecule has 1 amide bonds. The number of anilines is 2. The lowest BCUT2D eigenvalue weighted by Crippen LogP contribution is -2.17. The number of phenols is 1. The monoisotopic (exact) mass is 458 g/mol. The molecule has 0 atom stereocenters. The van der Waals surface area contributed by atoms with Gasteiger partial charge in [-0.05, 0) is 29.8 Å². The highest BCUT2D eigenvalue weighted by Crippen LogP contribution is 2.25. The summed E-state index contributed by atoms with van der Waals surface area (Å²) in [6.45, 7) is 0. The number of thioether (sulfide) groups is 1. The molecule has 5 N–H and O–H groups in total. The molecule has 0 aliphatic heterocycles. The van der Waals surface area contributed by atoms with Crippen molar-refractivity contribution in [2.45, 2.75) is 5.16 Å². The minimum Gasteiger partial charge on any atom is -0.504 e. The van der Waals surface area contributed by atoms with Crippen molar-refractivity contribution in [1.29, 1.82) is 0 Å². The number of nitrogens with zero attached hydrogens (tertiary/aromatic N) is 5. The van der Waals surface area contributed by atoms with Crippen LogP contribution in [0.4, 0.5) is 17.3 Å². The number of methoxy groups -OCH3 is 1. The summed E-state index contributed by atoms with van der Waals surface area (Å²) in [5.41, 5.74) is 3.40. The van der Waals surface area contributed by atoms with E-state index in [2.05, 4.69) is 26.0 Å². The molecule has 0 fully saturated rings. The standard InChI is InChI=1S/C18H18N8O5S/c1-31-15-6-5-11(7-14(15)27)9-20-22-17-23-24-18(25(17)19)32-10-16(28)21-12-3-2-4-13(8-12)26(29)30/h2-9,27H,10,19H2,1H3,(H,21,28)(H,22,23)/b20-9+. The third kappa shape index (κ3) is 5.63. The van der Waals surface area contributed by atoms with Gasteiger partial charge < -0.3 is 21.0 Å². The van der Waals surface area contributed by atoms with E-state index in [4.69, 9.17) is 10.6 Å². The first kappa shape index (κ1) is 22.4. The first-order valence-electron chi connectivity index (χ1n) is 8.91. The Hall–Kier alpha value is -4.33. The Morgan fingerprint density at radius 3 is 2.91 bits per heavy atom. The summed E-state index contributed by atoms with van der Waals surface area (Å²) in [5, 5.41) is 35.1. The van der Waals surface area contributed by atoms with Crippen molar-refractivity contribution >= 4 is 41.2 Å². The zero-order valence-electron chi connectivity index (χ0n) is 16.6. The number of amides is 1. The second kappa shape index (κ2) is 10.1. The van der Waals surface area contributed by atoms with Gasteiger partial charge >= 0.3 is 0 Å². The van der Waals surface area contributed by atoms with Gasteiger partial charge in [0.15, 0.2) is 11.5 Å². The van der Waals surface area contributed by atoms with Gasteiger partial charge in [-0.25, -0.2) is 10.1 Å². The van der Waals surface area contributed by atoms with Crippen LogP contribution < -0.4 is 21.3 Å². The number of hydrogen-bond acceptors (Lipinski definition) is 11. The second-order valence-corrected chi connectivity index (χ2v) is 7.06. The van der Waals surface area contributed by atoms with Crippen LogP contribution in [0.2, 0.25) is 0 Å². The lowest BCUT2D eigenvalue weighted by molar-refractivity contribution is -0.384. The maximum atomic E-state index is 12.1. The number of hydrogen-bond donors (Lipinski definition) is 4. The van der Waals surface area contributed by atoms with Crippen molar-refractivity contribution in [2.24, 2.45) is 5.10 Å². The molecule has 166 valence electrons. The Labute approximate surface area is 185 Å². The van der Waals surface area contributed by atoms with Crippen LogP contribution in [0.5, 0.6) is 11.5 Å². The molecule has 13 nitrogen and oxygen atoms in total. The molecule has 0 saturated heterocycles. The third-order valence-electron chi connectivity index (χ3n) is 3.92. The summed E-state index contributed by atoms with van der Waals surface area (Å²) in [5.74, 6) is 5.90. The smallest absolute Gasteiger partial charge is 0.271 e. The Balaban J connectivity index is 1.54. The normalized spacial score (nSPS) is 10.8. The van der Waals surface area contributed by atoms with Gasteiger partial charge in [-0.1, -0.05) is 17.8 Å². The van der Waals surface area contributed by atoms with E-state index in [1.165, 1.54) is 37.6 Å². The van der Waals surface area contributed by atoms with Crippen LogP contribution >= 0.6 is 11.8 Å². The van der Waals surface area contributed by atoms with Gasteiger partial charge in [0, 0.05) is 17.8 Å². The van der Waals surface area contributed by atoms with E-state index in [-0.39, 0.29) is 28.3 Å². The van der Waals surface area contributed by atoms with Crippen LogP contribution in [-0.4, -0.2) is 49.9 Å². The first-order valence-corrected chi connectivity index (χ1v) is 9.89. The molecule has 0 unspecified atom stereocenters. The van der Waals surface area contributed by atoms with Crippen LogP contribution in [0, 0.1) is 10.1 Å². The quantitative estimate of drug-likeness (QED) is 0.121. The van der Waals surface area contributed by atoms with Crippen molar-refractivity contribution in [3.8, 4) is 11.5 Å². The van der Waals surface area contributed by atoms with Crippen molar-refractivity contribution in [3.05, 3.63) is 58.1 Å². The van der Waals surface area contributed by atoms with Crippen molar-refractivity contribution in [1.82, 2.24) is 14.9 Å². The molecule has 0 bridgehead atoms. The molecule has 0 aliphatic carbocycles. The third-order valence-corrected chi connectivity index (χ3v) is 4.86. The van der Waals surface area contributed by atoms with Crippen LogP contribution in [0.3, 0.4) is 0 Å². The maximum absolute atomic E-state index is 12.1. The highest BCUT2D eigenvalue weighted by molar-refractivity contribution is 7.99. The van der Waals surface area contributed by atoms with E-state index in [0.29, 0.717) is 17.0 Å². The summed E-state index contributed by atoms with van der Waals surface area (Å²) in [6, 6.07) is 10.4. The predicted octanol–water partition coefficient (Wildman–Crippen LogP) is 1.79. The van der Waals surface area contributed by atoms with E-state index in [9.17, 15) is 20.0 Å². The van der Waals surface area contributed by atoms with Gasteiger partial charge in [-0.15, -0.1) is 10.2 Å². The lowest BCUT2D eigenvalue weighted by atomic mass is 10.2. The number of carbonyl (C=O) groups is 1. The van der Waals surface area contributed by atoms with Crippen LogP contribution in [0.1, 0.15) is 5.56 Å². The number of aromatic hydroxyl groups is 1. The van der Waals surface area contributed by atoms with E-state index in [1.807, 2.05) is 0 Å². The van der Waals surface area contributed by atoms with Crippen LogP contribution in [0.25, 0.3) is 0 Å². The Bertz CT molecular complexity index is 1170. The molecule has 0 radical (unpaired) electrons. The summed E-state index contributed by atoms with van der Waals surface area (Å²) >= 11 is 1.02. The topological polar surface area (TPSA) is 183 Å². The maximum Gasteiger partial charge on any atom is 0.271 e. The summed E-state index contributed by atoms with van der Waals surface area (Å²) in [7, 11) is 1.45. The number of nitro benzene ring substituents is 1. The number of benzene rings is 2. The molecular weight excluding hydrogens is 440 g/mol. The number of nitro groups is 1. The summed E-state index contributed by atoms with van der Waals surface area (Å²) in [4.78, 5) is 22.4. The number of nitrogen functional groups attached to an aromatic ring is 1. The summed E-state index contributed by atoms with van der Waals surface area (Å²) < 4.78 is 6.09. The molecule has 0 saturated carbocycles. The van der Waals surface area contributed by atoms with Gasteiger partial charge in [-0.3, -0.25) is 14.9 Å². The molecule has 14 heteroatoms.